The molecule has 2 bridgehead atoms. The predicted octanol–water partition coefficient (Wildman–Crippen LogP) is -0.0835. The van der Waals surface area contributed by atoms with E-state index in [-0.39, 0.29) is 0 Å². The monoisotopic (exact) mass is 1910 g/mol. The van der Waals surface area contributed by atoms with Gasteiger partial charge >= 0.3 is 29.8 Å². The van der Waals surface area contributed by atoms with Crippen molar-refractivity contribution in [3.63, 3.8) is 0 Å². The zero-order valence-electron chi connectivity index (χ0n) is 67.5. The molecule has 9 aromatic carbocycles. The van der Waals surface area contributed by atoms with Crippen molar-refractivity contribution in [1.29, 1.82) is 0 Å². The van der Waals surface area contributed by atoms with Gasteiger partial charge in [0.15, 0.2) is 206 Å². The van der Waals surface area contributed by atoms with Gasteiger partial charge in [-0.1, -0.05) is 0 Å². The molecule has 0 aromatic heterocycles. The van der Waals surface area contributed by atoms with Gasteiger partial charge in [-0.15, -0.1) is 0 Å². The molecule has 53 heteroatoms. The van der Waals surface area contributed by atoms with E-state index in [0.717, 1.165) is 24.3 Å². The van der Waals surface area contributed by atoms with Crippen molar-refractivity contribution in [2.45, 2.75) is 124 Å². The fourth-order valence-corrected chi connectivity index (χ4v) is 14.2. The maximum absolute atomic E-state index is 13.9. The summed E-state index contributed by atoms with van der Waals surface area (Å²) in [5.41, 5.74) is -6.52. The third-order valence-electron chi connectivity index (χ3n) is 20.8. The lowest BCUT2D eigenvalue weighted by atomic mass is 9.75. The summed E-state index contributed by atoms with van der Waals surface area (Å²) in [6.45, 7) is -2.28. The number of benzene rings is 9. The molecular weight excluding hydrogens is 1830 g/mol. The van der Waals surface area contributed by atoms with E-state index < -0.39 is 384 Å². The molecular formula is C82H78O53. The molecule has 19 atom stereocenters. The molecule has 53 nitrogen and oxygen atoms in total. The van der Waals surface area contributed by atoms with Crippen LogP contribution in [0.25, 0.3) is 0 Å². The molecule has 0 aliphatic carbocycles. The molecule has 2 saturated heterocycles. The number of esters is 5. The summed E-state index contributed by atoms with van der Waals surface area (Å²) >= 11 is 0. The van der Waals surface area contributed by atoms with Crippen LogP contribution in [0.2, 0.25) is 0 Å². The number of hydrogen-bond donors (Lipinski definition) is 35. The normalized spacial score (nSPS) is 23.1. The number of aliphatic hydroxyl groups is 9. The fourth-order valence-electron chi connectivity index (χ4n) is 14.2. The molecule has 4 heterocycles. The molecule has 4 aliphatic rings. The Balaban J connectivity index is 0.000000243. The standard InChI is InChI=1S/C41H46O27.C41H32O26/c42-15-1-10(2-16(43)26(15)51)35(56)62-9-22-31-33(66-36(57)11-3-17(44)27(52)18(45)4-11)34(41(63-22)68-37(58)12-5-19(46)28(53)20(47)6-12)67-38(59)13-7-21(48)29(54)32-25(13)24(30(55)40(61)65-32)14(8-23(49)50)39(60)64-31;42-17-1-12(2-18(43)28(17)52)36(57)62-11-27-33(64-37(58)13-3-19(44)29(53)20(45)4-13)34(65-38(59)14-5-21(46)30(54)22(47)6-14)35(66-39(60)15-7-23(48)31(55)24(49)8-15)41(63-27)67-40(61)16-9-25(50)32(56)26(51)10-16/h1-7,14,22-24,30-31,33-61H,8-9H2;1-10,27,33-35,41-56H,11H2/t14?,22?,24?,30?,31?,33-,34-,35-,36-,37+,38?,39+,40+,41?;27?,33-,34+,35?,41+/m01/s1. The number of phenols is 26. The van der Waals surface area contributed by atoms with Gasteiger partial charge in [-0.25, -0.2) is 24.0 Å². The van der Waals surface area contributed by atoms with Crippen LogP contribution in [-0.4, -0.2) is 308 Å². The van der Waals surface area contributed by atoms with Gasteiger partial charge in [0.1, 0.15) is 43.2 Å². The second-order valence-corrected chi connectivity index (χ2v) is 29.8. The van der Waals surface area contributed by atoms with E-state index in [1.54, 1.807) is 0 Å². The molecule has 0 amide bonds. The first-order valence-corrected chi connectivity index (χ1v) is 38.3. The Morgan fingerprint density at radius 2 is 0.644 bits per heavy atom. The second-order valence-electron chi connectivity index (χ2n) is 29.8. The number of carbonyl (C=O) groups is 5. The Hall–Kier alpha value is -15.7. The van der Waals surface area contributed by atoms with E-state index in [1.165, 1.54) is 0 Å². The summed E-state index contributed by atoms with van der Waals surface area (Å²) in [6.07, 6.45) is -42.8. The minimum atomic E-state index is -2.56. The summed E-state index contributed by atoms with van der Waals surface area (Å²) in [4.78, 5) is 68.5. The largest absolute Gasteiger partial charge is 0.504 e. The first-order valence-electron chi connectivity index (χ1n) is 38.3. The molecule has 35 N–H and O–H groups in total. The van der Waals surface area contributed by atoms with Crippen LogP contribution in [0.4, 0.5) is 0 Å². The van der Waals surface area contributed by atoms with Crippen LogP contribution in [0.5, 0.6) is 155 Å². The molecule has 0 radical (unpaired) electrons. The van der Waals surface area contributed by atoms with Gasteiger partial charge in [-0.05, 0) is 103 Å². The summed E-state index contributed by atoms with van der Waals surface area (Å²) < 4.78 is 74.1. The van der Waals surface area contributed by atoms with Gasteiger partial charge in [-0.2, -0.15) is 0 Å². The van der Waals surface area contributed by atoms with Crippen LogP contribution in [0.1, 0.15) is 117 Å². The Morgan fingerprint density at radius 3 is 1.04 bits per heavy atom. The molecule has 13 rings (SSSR count). The average molecular weight is 1910 g/mol. The van der Waals surface area contributed by atoms with Gasteiger partial charge in [-0.3, -0.25) is 0 Å². The Labute approximate surface area is 748 Å². The smallest absolute Gasteiger partial charge is 0.340 e. The van der Waals surface area contributed by atoms with E-state index >= 15 is 0 Å². The minimum absolute atomic E-state index is 0.407. The third kappa shape index (κ3) is 20.7. The van der Waals surface area contributed by atoms with Gasteiger partial charge in [0, 0.05) is 46.1 Å². The third-order valence-corrected chi connectivity index (χ3v) is 20.8. The number of hydrogen-bond acceptors (Lipinski definition) is 53. The summed E-state index contributed by atoms with van der Waals surface area (Å²) in [5.74, 6) is -40.0. The molecule has 9 unspecified atom stereocenters. The predicted molar refractivity (Wildman–Crippen MR) is 421 cm³/mol. The Kier molecular flexibility index (Phi) is 28.7. The van der Waals surface area contributed by atoms with Gasteiger partial charge in [0.2, 0.25) is 24.4 Å². The van der Waals surface area contributed by atoms with E-state index in [1.807, 2.05) is 0 Å². The molecule has 9 aromatic rings. The van der Waals surface area contributed by atoms with E-state index in [4.69, 9.17) is 61.6 Å². The van der Waals surface area contributed by atoms with Gasteiger partial charge in [0.25, 0.3) is 0 Å². The molecule has 0 saturated carbocycles. The Bertz CT molecular complexity index is 5830. The van der Waals surface area contributed by atoms with Crippen molar-refractivity contribution in [2.24, 2.45) is 5.92 Å². The number of carbonyl (C=O) groups excluding carboxylic acids is 5. The lowest BCUT2D eigenvalue weighted by molar-refractivity contribution is -0.387. The van der Waals surface area contributed by atoms with E-state index in [9.17, 15) is 203 Å². The quantitative estimate of drug-likeness (QED) is 0.0172. The van der Waals surface area contributed by atoms with Crippen molar-refractivity contribution < 1.29 is 264 Å². The molecule has 724 valence electrons. The number of aromatic hydroxyl groups is 26. The van der Waals surface area contributed by atoms with Crippen LogP contribution < -0.4 is 4.74 Å². The zero-order chi connectivity index (χ0) is 99.1. The zero-order valence-corrected chi connectivity index (χ0v) is 67.5. The summed E-state index contributed by atoms with van der Waals surface area (Å²) in [5, 5.41) is 364. The van der Waals surface area contributed by atoms with Crippen LogP contribution in [-0.2, 0) is 56.8 Å². The lowest BCUT2D eigenvalue weighted by Crippen LogP contribution is -2.63. The summed E-state index contributed by atoms with van der Waals surface area (Å²) in [6, 6.07) is 10.7. The highest BCUT2D eigenvalue weighted by molar-refractivity contribution is 5.95. The molecule has 0 spiro atoms. The maximum Gasteiger partial charge on any atom is 0.340 e. The van der Waals surface area contributed by atoms with Gasteiger partial charge < -0.3 is 240 Å². The number of fused-ring (bicyclic) bond motifs is 2. The maximum atomic E-state index is 13.9. The first-order chi connectivity index (χ1) is 63.4. The molecule has 4 aliphatic heterocycles. The van der Waals surface area contributed by atoms with Crippen molar-refractivity contribution in [1.82, 2.24) is 0 Å². The number of phenolic OH excluding ortho intramolecular Hbond substituents is 26. The average Bonchev–Trinajstić information content (AvgIpc) is 1.72. The highest BCUT2D eigenvalue weighted by Gasteiger charge is 2.58. The van der Waals surface area contributed by atoms with Crippen molar-refractivity contribution >= 4 is 29.8 Å². The minimum Gasteiger partial charge on any atom is -0.504 e. The fraction of sp³-hybridized carbons (Fsp3) is 0.280. The SMILES string of the molecule is O=C(OCC1O[C@@H](OC(=O)c2cc(O)c(O)c(O)c2)C(OC(=O)c2cc(O)c(O)c(O)c2)[C@@H](OC(=O)c2cc(O)c(O)c(O)c2)[C@@H]1OC(=O)c1cc(O)c(O)c(O)c1)c1cc(O)c(O)c(O)c1.Oc1cc([C@H](O)OC2OC(CO[C@H](O)c3cc(O)c(O)c(O)c3)C3O[C@@H](O)C(CC(O)O)C4c5c(cc(O)c(O)c5O[C@@H](O)C4O)C(O)O[C@H]2[C@H]3O[C@H](O)c2cc(O)c(O)c(O)c2)cc(O)c1O. The number of rotatable bonds is 23. The molecule has 135 heavy (non-hydrogen) atoms. The van der Waals surface area contributed by atoms with E-state index in [2.05, 4.69) is 0 Å². The van der Waals surface area contributed by atoms with Crippen molar-refractivity contribution in [3.8, 4) is 155 Å². The molecule has 2 fully saturated rings. The highest BCUT2D eigenvalue weighted by Crippen LogP contribution is 2.56. The van der Waals surface area contributed by atoms with Crippen LogP contribution in [0, 0.1) is 5.92 Å². The summed E-state index contributed by atoms with van der Waals surface area (Å²) in [7, 11) is 0. The van der Waals surface area contributed by atoms with Gasteiger partial charge in [0.05, 0.1) is 34.4 Å². The topological polar surface area (TPSA) is 913 Å². The van der Waals surface area contributed by atoms with Crippen LogP contribution in [0.3, 0.4) is 0 Å². The second kappa shape index (κ2) is 39.4. The van der Waals surface area contributed by atoms with E-state index in [0.29, 0.717) is 78.9 Å². The first kappa shape index (κ1) is 98.3. The van der Waals surface area contributed by atoms with Crippen molar-refractivity contribution in [2.75, 3.05) is 13.2 Å². The number of ether oxygens (including phenoxy) is 13. The Morgan fingerprint density at radius 1 is 0.311 bits per heavy atom. The lowest BCUT2D eigenvalue weighted by Gasteiger charge is -2.47. The van der Waals surface area contributed by atoms with Crippen LogP contribution in [0.15, 0.2) is 103 Å². The van der Waals surface area contributed by atoms with Crippen molar-refractivity contribution in [3.05, 3.63) is 159 Å². The van der Waals surface area contributed by atoms with Crippen LogP contribution >= 0.6 is 0 Å². The number of aliphatic hydroxyl groups excluding tert-OH is 8. The highest BCUT2D eigenvalue weighted by atomic mass is 16.8.